The number of carboxylic acids is 1. The maximum absolute atomic E-state index is 13.2. The first-order valence-corrected chi connectivity index (χ1v) is 8.17. The second-order valence-electron chi connectivity index (χ2n) is 5.97. The van der Waals surface area contributed by atoms with Crippen LogP contribution in [0.3, 0.4) is 0 Å². The van der Waals surface area contributed by atoms with E-state index in [1.807, 2.05) is 42.5 Å². The summed E-state index contributed by atoms with van der Waals surface area (Å²) in [6.45, 7) is 0. The number of carboxylic acid groups (broad SMARTS) is 1. The quantitative estimate of drug-likeness (QED) is 0.348. The Bertz CT molecular complexity index is 1120. The second kappa shape index (κ2) is 8.99. The molecule has 6 heteroatoms. The van der Waals surface area contributed by atoms with Gasteiger partial charge in [-0.05, 0) is 23.8 Å². The van der Waals surface area contributed by atoms with Crippen molar-refractivity contribution in [3.63, 3.8) is 0 Å². The van der Waals surface area contributed by atoms with Gasteiger partial charge in [0.05, 0.1) is 5.97 Å². The molecule has 0 spiro atoms. The minimum Gasteiger partial charge on any atom is -0.545 e. The van der Waals surface area contributed by atoms with Crippen LogP contribution in [0.1, 0.15) is 26.4 Å². The van der Waals surface area contributed by atoms with Gasteiger partial charge in [0.1, 0.15) is 5.69 Å². The predicted octanol–water partition coefficient (Wildman–Crippen LogP) is -0.620. The number of hydrogen-bond acceptors (Lipinski definition) is 3. The number of hydrogen-bond donors (Lipinski definition) is 0. The van der Waals surface area contributed by atoms with E-state index in [0.717, 1.165) is 16.6 Å². The molecule has 0 atom stereocenters. The summed E-state index contributed by atoms with van der Waals surface area (Å²) in [6.07, 6.45) is 1.44. The zero-order chi connectivity index (χ0) is 18.1. The number of aromatic nitrogens is 1. The van der Waals surface area contributed by atoms with Gasteiger partial charge >= 0.3 is 29.6 Å². The van der Waals surface area contributed by atoms with Crippen molar-refractivity contribution in [3.05, 3.63) is 102 Å². The Labute approximate surface area is 183 Å². The SMILES string of the molecule is O.O=C([O-])c1ccc2cc(-c3ccccc3)c(C(=O)c3ccccc3)n2c1.[Na+]. The molecule has 0 radical (unpaired) electrons. The standard InChI is InChI=1S/C22H15NO3.Na.H2O/c24-21(16-9-5-2-6-10-16)20-19(15-7-3-1-4-8-15)13-18-12-11-17(22(25)26)14-23(18)20;;/h1-14H,(H,25,26);;1H2/q;+1;/p-1. The average molecular weight is 381 g/mol. The van der Waals surface area contributed by atoms with Crippen molar-refractivity contribution in [2.24, 2.45) is 0 Å². The van der Waals surface area contributed by atoms with Crippen LogP contribution in [0.5, 0.6) is 0 Å². The molecule has 134 valence electrons. The predicted molar refractivity (Wildman–Crippen MR) is 101 cm³/mol. The van der Waals surface area contributed by atoms with Gasteiger partial charge in [-0.15, -0.1) is 0 Å². The molecule has 0 bridgehead atoms. The van der Waals surface area contributed by atoms with Crippen LogP contribution in [0.4, 0.5) is 0 Å². The molecule has 0 aliphatic rings. The van der Waals surface area contributed by atoms with Crippen LogP contribution in [0.15, 0.2) is 85.1 Å². The minimum absolute atomic E-state index is 0. The fourth-order valence-corrected chi connectivity index (χ4v) is 3.09. The van der Waals surface area contributed by atoms with E-state index in [-0.39, 0.29) is 46.4 Å². The Morgan fingerprint density at radius 3 is 2.00 bits per heavy atom. The molecule has 28 heavy (non-hydrogen) atoms. The van der Waals surface area contributed by atoms with E-state index in [1.54, 1.807) is 34.7 Å². The van der Waals surface area contributed by atoms with Gasteiger partial charge in [0, 0.05) is 28.4 Å². The third-order valence-electron chi connectivity index (χ3n) is 4.34. The van der Waals surface area contributed by atoms with Crippen LogP contribution in [0.25, 0.3) is 16.6 Å². The summed E-state index contributed by atoms with van der Waals surface area (Å²) < 4.78 is 1.63. The third kappa shape index (κ3) is 3.93. The average Bonchev–Trinajstić information content (AvgIpc) is 3.07. The molecule has 0 aliphatic carbocycles. The molecule has 0 unspecified atom stereocenters. The van der Waals surface area contributed by atoms with E-state index in [4.69, 9.17) is 0 Å². The number of aromatic carboxylic acids is 1. The second-order valence-corrected chi connectivity index (χ2v) is 5.97. The van der Waals surface area contributed by atoms with Crippen LogP contribution in [-0.4, -0.2) is 21.6 Å². The van der Waals surface area contributed by atoms with E-state index < -0.39 is 5.97 Å². The Hall–Kier alpha value is -2.70. The Morgan fingerprint density at radius 2 is 1.39 bits per heavy atom. The van der Waals surface area contributed by atoms with Gasteiger partial charge in [-0.3, -0.25) is 4.79 Å². The molecular formula is C22H16NNaO4. The fourth-order valence-electron chi connectivity index (χ4n) is 3.09. The zero-order valence-corrected chi connectivity index (χ0v) is 17.3. The Kier molecular flexibility index (Phi) is 6.94. The third-order valence-corrected chi connectivity index (χ3v) is 4.34. The maximum atomic E-state index is 13.2. The van der Waals surface area contributed by atoms with E-state index >= 15 is 0 Å². The van der Waals surface area contributed by atoms with Crippen molar-refractivity contribution in [2.75, 3.05) is 0 Å². The molecule has 2 aromatic heterocycles. The normalized spacial score (nSPS) is 10.0. The van der Waals surface area contributed by atoms with Crippen molar-refractivity contribution in [1.29, 1.82) is 0 Å². The Morgan fingerprint density at radius 1 is 0.786 bits per heavy atom. The fraction of sp³-hybridized carbons (Fsp3) is 0. The van der Waals surface area contributed by atoms with Gasteiger partial charge in [0.15, 0.2) is 0 Å². The van der Waals surface area contributed by atoms with E-state index in [9.17, 15) is 14.7 Å². The number of pyridine rings is 1. The van der Waals surface area contributed by atoms with E-state index in [1.165, 1.54) is 12.3 Å². The van der Waals surface area contributed by atoms with Crippen molar-refractivity contribution in [3.8, 4) is 11.1 Å². The number of ketones is 1. The number of carbonyl (C=O) groups excluding carboxylic acids is 2. The van der Waals surface area contributed by atoms with Gasteiger partial charge in [-0.1, -0.05) is 60.7 Å². The number of fused-ring (bicyclic) bond motifs is 1. The van der Waals surface area contributed by atoms with Crippen molar-refractivity contribution < 1.29 is 49.7 Å². The van der Waals surface area contributed by atoms with Crippen LogP contribution in [-0.2, 0) is 0 Å². The first-order valence-electron chi connectivity index (χ1n) is 8.17. The van der Waals surface area contributed by atoms with Crippen LogP contribution in [0.2, 0.25) is 0 Å². The van der Waals surface area contributed by atoms with Gasteiger partial charge in [0.2, 0.25) is 5.78 Å². The summed E-state index contributed by atoms with van der Waals surface area (Å²) in [5, 5.41) is 11.3. The molecule has 0 amide bonds. The van der Waals surface area contributed by atoms with Crippen LogP contribution >= 0.6 is 0 Å². The first kappa shape index (κ1) is 21.6. The maximum Gasteiger partial charge on any atom is 1.00 e. The molecule has 0 saturated carbocycles. The Balaban J connectivity index is 0.00000140. The summed E-state index contributed by atoms with van der Waals surface area (Å²) >= 11 is 0. The molecule has 0 fully saturated rings. The van der Waals surface area contributed by atoms with Crippen molar-refractivity contribution >= 4 is 17.3 Å². The largest absolute Gasteiger partial charge is 1.00 e. The smallest absolute Gasteiger partial charge is 0.545 e. The molecule has 0 aliphatic heterocycles. The van der Waals surface area contributed by atoms with Crippen molar-refractivity contribution in [2.45, 2.75) is 0 Å². The van der Waals surface area contributed by atoms with E-state index in [2.05, 4.69) is 0 Å². The molecule has 2 N–H and O–H groups in total. The summed E-state index contributed by atoms with van der Waals surface area (Å²) in [5.74, 6) is -1.44. The van der Waals surface area contributed by atoms with Crippen LogP contribution in [0, 0.1) is 0 Å². The van der Waals surface area contributed by atoms with Gasteiger partial charge in [0.25, 0.3) is 0 Å². The summed E-state index contributed by atoms with van der Waals surface area (Å²) in [6, 6.07) is 23.6. The minimum atomic E-state index is -1.28. The summed E-state index contributed by atoms with van der Waals surface area (Å²) in [5.41, 5.74) is 3.40. The summed E-state index contributed by atoms with van der Waals surface area (Å²) in [4.78, 5) is 24.5. The molecule has 5 nitrogen and oxygen atoms in total. The molecule has 4 aromatic rings. The van der Waals surface area contributed by atoms with E-state index in [0.29, 0.717) is 11.3 Å². The van der Waals surface area contributed by atoms with Crippen molar-refractivity contribution in [1.82, 2.24) is 4.40 Å². The molecule has 2 heterocycles. The van der Waals surface area contributed by atoms with Gasteiger partial charge in [-0.25, -0.2) is 0 Å². The number of carbonyl (C=O) groups is 2. The summed E-state index contributed by atoms with van der Waals surface area (Å²) in [7, 11) is 0. The van der Waals surface area contributed by atoms with Gasteiger partial charge < -0.3 is 19.8 Å². The molecular weight excluding hydrogens is 365 g/mol. The zero-order valence-electron chi connectivity index (χ0n) is 15.3. The first-order chi connectivity index (χ1) is 12.6. The van der Waals surface area contributed by atoms with Gasteiger partial charge in [-0.2, -0.15) is 0 Å². The topological polar surface area (TPSA) is 93.1 Å². The molecule has 2 aromatic carbocycles. The van der Waals surface area contributed by atoms with Crippen LogP contribution < -0.4 is 34.7 Å². The monoisotopic (exact) mass is 381 g/mol. The number of nitrogens with zero attached hydrogens (tertiary/aromatic N) is 1. The number of rotatable bonds is 4. The molecule has 4 rings (SSSR count). The number of benzene rings is 2. The molecule has 0 saturated heterocycles.